The summed E-state index contributed by atoms with van der Waals surface area (Å²) in [5.41, 5.74) is 1.38. The van der Waals surface area contributed by atoms with E-state index in [4.69, 9.17) is 10.1 Å². The van der Waals surface area contributed by atoms with Gasteiger partial charge in [-0.05, 0) is 24.3 Å². The van der Waals surface area contributed by atoms with Gasteiger partial charge in [0.15, 0.2) is 0 Å². The van der Waals surface area contributed by atoms with E-state index < -0.39 is 0 Å². The standard InChI is InChI=1S/C21H23N5O2/c27-14-9-23-21(28)17-15-20(24-18-6-2-1-5-16(17)18)26-12-10-25(11-13-26)19-7-3-4-8-22-19/h1-8,15,27H,9-14H2,(H,23,28). The minimum Gasteiger partial charge on any atom is -0.395 e. The van der Waals surface area contributed by atoms with E-state index >= 15 is 0 Å². The van der Waals surface area contributed by atoms with Gasteiger partial charge in [0.1, 0.15) is 11.6 Å². The number of hydrogen-bond donors (Lipinski definition) is 2. The molecule has 1 aromatic carbocycles. The second kappa shape index (κ2) is 8.22. The van der Waals surface area contributed by atoms with Gasteiger partial charge in [0.2, 0.25) is 0 Å². The average Bonchev–Trinajstić information content (AvgIpc) is 2.77. The summed E-state index contributed by atoms with van der Waals surface area (Å²) < 4.78 is 0. The highest BCUT2D eigenvalue weighted by Gasteiger charge is 2.21. The zero-order valence-electron chi connectivity index (χ0n) is 15.6. The van der Waals surface area contributed by atoms with Gasteiger partial charge in [0, 0.05) is 44.3 Å². The molecule has 4 rings (SSSR count). The summed E-state index contributed by atoms with van der Waals surface area (Å²) in [6.45, 7) is 3.44. The first-order valence-corrected chi connectivity index (χ1v) is 9.46. The highest BCUT2D eigenvalue weighted by molar-refractivity contribution is 6.07. The molecule has 0 saturated carbocycles. The van der Waals surface area contributed by atoms with E-state index in [0.29, 0.717) is 5.56 Å². The molecule has 0 bridgehead atoms. The normalized spacial score (nSPS) is 14.3. The van der Waals surface area contributed by atoms with Gasteiger partial charge >= 0.3 is 0 Å². The number of pyridine rings is 2. The molecular formula is C21H23N5O2. The van der Waals surface area contributed by atoms with Crippen LogP contribution in [-0.4, -0.2) is 60.3 Å². The lowest BCUT2D eigenvalue weighted by Gasteiger charge is -2.36. The summed E-state index contributed by atoms with van der Waals surface area (Å²) in [4.78, 5) is 26.3. The largest absolute Gasteiger partial charge is 0.395 e. The Balaban J connectivity index is 1.58. The molecule has 7 heteroatoms. The number of piperazine rings is 1. The molecule has 0 radical (unpaired) electrons. The van der Waals surface area contributed by atoms with Crippen molar-refractivity contribution in [1.29, 1.82) is 0 Å². The molecule has 7 nitrogen and oxygen atoms in total. The molecule has 2 aromatic heterocycles. The zero-order chi connectivity index (χ0) is 19.3. The van der Waals surface area contributed by atoms with E-state index in [1.807, 2.05) is 54.7 Å². The maximum atomic E-state index is 12.6. The van der Waals surface area contributed by atoms with Crippen molar-refractivity contribution in [2.45, 2.75) is 0 Å². The molecule has 0 atom stereocenters. The lowest BCUT2D eigenvalue weighted by Crippen LogP contribution is -2.47. The molecule has 0 unspecified atom stereocenters. The van der Waals surface area contributed by atoms with Gasteiger partial charge in [-0.15, -0.1) is 0 Å². The topological polar surface area (TPSA) is 81.6 Å². The first kappa shape index (κ1) is 18.2. The predicted octanol–water partition coefficient (Wildman–Crippen LogP) is 1.68. The molecule has 28 heavy (non-hydrogen) atoms. The SMILES string of the molecule is O=C(NCCO)c1cc(N2CCN(c3ccccn3)CC2)nc2ccccc12. The molecule has 1 aliphatic rings. The van der Waals surface area contributed by atoms with Crippen molar-refractivity contribution in [1.82, 2.24) is 15.3 Å². The molecule has 0 aliphatic carbocycles. The second-order valence-electron chi connectivity index (χ2n) is 6.69. The summed E-state index contributed by atoms with van der Waals surface area (Å²) in [6, 6.07) is 15.4. The lowest BCUT2D eigenvalue weighted by atomic mass is 10.1. The van der Waals surface area contributed by atoms with Crippen LogP contribution in [0.15, 0.2) is 54.7 Å². The number of anilines is 2. The Bertz CT molecular complexity index is 955. The zero-order valence-corrected chi connectivity index (χ0v) is 15.6. The third-order valence-corrected chi connectivity index (χ3v) is 4.92. The summed E-state index contributed by atoms with van der Waals surface area (Å²) >= 11 is 0. The van der Waals surface area contributed by atoms with Crippen LogP contribution in [0.2, 0.25) is 0 Å². The second-order valence-corrected chi connectivity index (χ2v) is 6.69. The van der Waals surface area contributed by atoms with Crippen molar-refractivity contribution in [3.05, 3.63) is 60.3 Å². The molecule has 144 valence electrons. The Morgan fingerprint density at radius 1 is 1.00 bits per heavy atom. The molecule has 1 saturated heterocycles. The van der Waals surface area contributed by atoms with Crippen molar-refractivity contribution in [3.63, 3.8) is 0 Å². The van der Waals surface area contributed by atoms with Crippen molar-refractivity contribution in [2.75, 3.05) is 49.1 Å². The summed E-state index contributed by atoms with van der Waals surface area (Å²) in [5, 5.41) is 12.6. The first-order chi connectivity index (χ1) is 13.8. The quantitative estimate of drug-likeness (QED) is 0.704. The van der Waals surface area contributed by atoms with E-state index in [1.54, 1.807) is 0 Å². The van der Waals surface area contributed by atoms with E-state index in [2.05, 4.69) is 20.1 Å². The van der Waals surface area contributed by atoms with Gasteiger partial charge in [0.05, 0.1) is 17.7 Å². The molecule has 3 aromatic rings. The predicted molar refractivity (Wildman–Crippen MR) is 110 cm³/mol. The van der Waals surface area contributed by atoms with Crippen molar-refractivity contribution in [2.24, 2.45) is 0 Å². The van der Waals surface area contributed by atoms with Crippen LogP contribution < -0.4 is 15.1 Å². The summed E-state index contributed by atoms with van der Waals surface area (Å²) in [5.74, 6) is 1.59. The summed E-state index contributed by atoms with van der Waals surface area (Å²) in [6.07, 6.45) is 1.81. The molecule has 0 spiro atoms. The number of carbonyl (C=O) groups excluding carboxylic acids is 1. The molecule has 1 aliphatic heterocycles. The number of amides is 1. The van der Waals surface area contributed by atoms with Gasteiger partial charge in [-0.2, -0.15) is 0 Å². The lowest BCUT2D eigenvalue weighted by molar-refractivity contribution is 0.0946. The monoisotopic (exact) mass is 377 g/mol. The first-order valence-electron chi connectivity index (χ1n) is 9.46. The Labute approximate surface area is 163 Å². The van der Waals surface area contributed by atoms with Gasteiger partial charge in [-0.25, -0.2) is 9.97 Å². The number of hydrogen-bond acceptors (Lipinski definition) is 6. The van der Waals surface area contributed by atoms with E-state index in [9.17, 15) is 4.79 Å². The van der Waals surface area contributed by atoms with Crippen LogP contribution in [0.5, 0.6) is 0 Å². The highest BCUT2D eigenvalue weighted by Crippen LogP contribution is 2.24. The fraction of sp³-hybridized carbons (Fsp3) is 0.286. The number of para-hydroxylation sites is 1. The minimum atomic E-state index is -0.193. The number of fused-ring (bicyclic) bond motifs is 1. The third kappa shape index (κ3) is 3.75. The number of carbonyl (C=O) groups is 1. The average molecular weight is 377 g/mol. The van der Waals surface area contributed by atoms with Crippen molar-refractivity contribution < 1.29 is 9.90 Å². The Morgan fingerprint density at radius 3 is 2.43 bits per heavy atom. The molecular weight excluding hydrogens is 354 g/mol. The van der Waals surface area contributed by atoms with Crippen LogP contribution in [0.1, 0.15) is 10.4 Å². The number of rotatable bonds is 5. The number of nitrogens with zero attached hydrogens (tertiary/aromatic N) is 4. The number of benzene rings is 1. The third-order valence-electron chi connectivity index (χ3n) is 4.92. The smallest absolute Gasteiger partial charge is 0.252 e. The van der Waals surface area contributed by atoms with Crippen LogP contribution in [0.4, 0.5) is 11.6 Å². The van der Waals surface area contributed by atoms with Gasteiger partial charge in [-0.1, -0.05) is 24.3 Å². The number of aromatic nitrogens is 2. The summed E-state index contributed by atoms with van der Waals surface area (Å²) in [7, 11) is 0. The molecule has 3 heterocycles. The van der Waals surface area contributed by atoms with Gasteiger partial charge < -0.3 is 20.2 Å². The maximum absolute atomic E-state index is 12.6. The van der Waals surface area contributed by atoms with E-state index in [1.165, 1.54) is 0 Å². The number of aliphatic hydroxyl groups is 1. The van der Waals surface area contributed by atoms with Crippen molar-refractivity contribution in [3.8, 4) is 0 Å². The Hall–Kier alpha value is -3.19. The highest BCUT2D eigenvalue weighted by atomic mass is 16.3. The van der Waals surface area contributed by atoms with Gasteiger partial charge in [-0.3, -0.25) is 4.79 Å². The van der Waals surface area contributed by atoms with Crippen LogP contribution >= 0.6 is 0 Å². The van der Waals surface area contributed by atoms with Crippen LogP contribution in [-0.2, 0) is 0 Å². The molecule has 1 amide bonds. The Morgan fingerprint density at radius 2 is 1.71 bits per heavy atom. The van der Waals surface area contributed by atoms with Crippen molar-refractivity contribution >= 4 is 28.4 Å². The molecule has 2 N–H and O–H groups in total. The van der Waals surface area contributed by atoms with Gasteiger partial charge in [0.25, 0.3) is 5.91 Å². The fourth-order valence-electron chi connectivity index (χ4n) is 3.48. The number of nitrogens with one attached hydrogen (secondary N) is 1. The van der Waals surface area contributed by atoms with E-state index in [0.717, 1.165) is 48.7 Å². The Kier molecular flexibility index (Phi) is 5.34. The van der Waals surface area contributed by atoms with Crippen LogP contribution in [0, 0.1) is 0 Å². The molecule has 1 fully saturated rings. The van der Waals surface area contributed by atoms with Crippen LogP contribution in [0.25, 0.3) is 10.9 Å². The number of aliphatic hydroxyl groups excluding tert-OH is 1. The minimum absolute atomic E-state index is 0.0862. The van der Waals surface area contributed by atoms with Crippen LogP contribution in [0.3, 0.4) is 0 Å². The maximum Gasteiger partial charge on any atom is 0.252 e. The fourth-order valence-corrected chi connectivity index (χ4v) is 3.48. The van der Waals surface area contributed by atoms with E-state index in [-0.39, 0.29) is 19.1 Å².